The van der Waals surface area contributed by atoms with Crippen molar-refractivity contribution in [2.75, 3.05) is 5.32 Å². The van der Waals surface area contributed by atoms with E-state index in [-0.39, 0.29) is 17.4 Å². The molecule has 0 saturated heterocycles. The molecule has 1 N–H and O–H groups in total. The summed E-state index contributed by atoms with van der Waals surface area (Å²) in [6.45, 7) is 0. The third-order valence-electron chi connectivity index (χ3n) is 4.07. The zero-order valence-corrected chi connectivity index (χ0v) is 13.1. The van der Waals surface area contributed by atoms with Crippen molar-refractivity contribution in [3.05, 3.63) is 53.7 Å². The predicted molar refractivity (Wildman–Crippen MR) is 81.2 cm³/mol. The number of nitrogens with one attached hydrogen (secondary N) is 1. The van der Waals surface area contributed by atoms with Crippen LogP contribution in [0.25, 0.3) is 11.5 Å². The molecule has 0 aliphatic heterocycles. The van der Waals surface area contributed by atoms with E-state index < -0.39 is 29.5 Å². The first kappa shape index (κ1) is 16.4. The zero-order chi connectivity index (χ0) is 18.3. The lowest BCUT2D eigenvalue weighted by atomic mass is 10.0. The van der Waals surface area contributed by atoms with E-state index in [9.17, 15) is 17.6 Å². The van der Waals surface area contributed by atoms with E-state index in [1.165, 1.54) is 24.5 Å². The molecule has 1 aliphatic rings. The van der Waals surface area contributed by atoms with Crippen LogP contribution < -0.4 is 5.32 Å². The topological polar surface area (TPSA) is 76.7 Å². The summed E-state index contributed by atoms with van der Waals surface area (Å²) in [5.74, 6) is -1.99. The van der Waals surface area contributed by atoms with Crippen LogP contribution in [-0.4, -0.2) is 20.2 Å². The number of hydrogen-bond donors (Lipinski definition) is 1. The van der Waals surface area contributed by atoms with Crippen molar-refractivity contribution >= 4 is 5.95 Å². The third kappa shape index (κ3) is 2.98. The Balaban J connectivity index is 1.54. The number of anilines is 1. The van der Waals surface area contributed by atoms with Gasteiger partial charge in [0.15, 0.2) is 0 Å². The minimum Gasteiger partial charge on any atom is -0.415 e. The second-order valence-electron chi connectivity index (χ2n) is 5.87. The van der Waals surface area contributed by atoms with Crippen molar-refractivity contribution in [3.8, 4) is 11.5 Å². The largest absolute Gasteiger partial charge is 0.415 e. The van der Waals surface area contributed by atoms with Gasteiger partial charge in [-0.3, -0.25) is 0 Å². The molecule has 0 unspecified atom stereocenters. The van der Waals surface area contributed by atoms with Crippen LogP contribution in [0.5, 0.6) is 0 Å². The fourth-order valence-corrected chi connectivity index (χ4v) is 2.62. The quantitative estimate of drug-likeness (QED) is 0.692. The van der Waals surface area contributed by atoms with Crippen LogP contribution in [0.15, 0.2) is 35.0 Å². The highest BCUT2D eigenvalue weighted by Gasteiger charge is 2.46. The molecule has 2 aromatic heterocycles. The lowest BCUT2D eigenvalue weighted by Crippen LogP contribution is -2.21. The molecule has 26 heavy (non-hydrogen) atoms. The molecule has 3 aromatic rings. The Hall–Kier alpha value is -3.04. The van der Waals surface area contributed by atoms with Crippen LogP contribution in [0.4, 0.5) is 23.5 Å². The molecule has 6 nitrogen and oxygen atoms in total. The Kier molecular flexibility index (Phi) is 3.82. The van der Waals surface area contributed by atoms with E-state index in [2.05, 4.69) is 25.5 Å². The van der Waals surface area contributed by atoms with Gasteiger partial charge in [0.1, 0.15) is 11.6 Å². The number of alkyl halides is 2. The van der Waals surface area contributed by atoms with Gasteiger partial charge < -0.3 is 9.73 Å². The summed E-state index contributed by atoms with van der Waals surface area (Å²) in [7, 11) is 0. The minimum absolute atomic E-state index is 0.127. The lowest BCUT2D eigenvalue weighted by Gasteiger charge is -2.18. The van der Waals surface area contributed by atoms with Gasteiger partial charge in [0.25, 0.3) is 11.8 Å². The fourth-order valence-electron chi connectivity index (χ4n) is 2.62. The molecule has 0 amide bonds. The molecule has 0 radical (unpaired) electrons. The van der Waals surface area contributed by atoms with Gasteiger partial charge in [-0.2, -0.15) is 8.78 Å². The van der Waals surface area contributed by atoms with Gasteiger partial charge in [-0.05, 0) is 18.9 Å². The number of nitrogens with zero attached hydrogens (tertiary/aromatic N) is 4. The number of hydrogen-bond acceptors (Lipinski definition) is 6. The number of halogens is 4. The molecule has 10 heteroatoms. The zero-order valence-electron chi connectivity index (χ0n) is 13.1. The van der Waals surface area contributed by atoms with Gasteiger partial charge in [0.2, 0.25) is 5.95 Å². The number of benzene rings is 1. The monoisotopic (exact) mass is 365 g/mol. The summed E-state index contributed by atoms with van der Waals surface area (Å²) < 4.78 is 56.9. The summed E-state index contributed by atoms with van der Waals surface area (Å²) in [5, 5.41) is 9.78. The first-order chi connectivity index (χ1) is 12.5. The van der Waals surface area contributed by atoms with Crippen molar-refractivity contribution in [3.63, 3.8) is 0 Å². The highest BCUT2D eigenvalue weighted by atomic mass is 19.3. The third-order valence-corrected chi connectivity index (χ3v) is 4.07. The Bertz CT molecular complexity index is 940. The Morgan fingerprint density at radius 1 is 1.08 bits per heavy atom. The molecule has 134 valence electrons. The second kappa shape index (κ2) is 6.04. The number of rotatable bonds is 5. The summed E-state index contributed by atoms with van der Waals surface area (Å²) >= 11 is 0. The first-order valence-corrected chi connectivity index (χ1v) is 7.64. The summed E-state index contributed by atoms with van der Waals surface area (Å²) in [5.41, 5.74) is -0.0788. The lowest BCUT2D eigenvalue weighted by molar-refractivity contribution is 0.116. The first-order valence-electron chi connectivity index (χ1n) is 7.64. The molecule has 1 saturated carbocycles. The highest BCUT2D eigenvalue weighted by molar-refractivity contribution is 5.51. The Labute approximate surface area is 144 Å². The van der Waals surface area contributed by atoms with E-state index in [0.29, 0.717) is 18.4 Å². The normalized spacial score (nSPS) is 15.3. The van der Waals surface area contributed by atoms with Crippen LogP contribution >= 0.6 is 0 Å². The molecule has 0 spiro atoms. The molecule has 0 bridgehead atoms. The maximum atomic E-state index is 14.0. The molecule has 0 atom stereocenters. The Morgan fingerprint density at radius 3 is 2.38 bits per heavy atom. The van der Waals surface area contributed by atoms with E-state index in [1.54, 1.807) is 0 Å². The van der Waals surface area contributed by atoms with E-state index in [1.807, 2.05) is 0 Å². The van der Waals surface area contributed by atoms with Gasteiger partial charge in [-0.15, -0.1) is 10.2 Å². The van der Waals surface area contributed by atoms with Crippen LogP contribution in [0.2, 0.25) is 0 Å². The van der Waals surface area contributed by atoms with E-state index in [0.717, 1.165) is 6.07 Å². The smallest absolute Gasteiger partial charge is 0.314 e. The van der Waals surface area contributed by atoms with Crippen molar-refractivity contribution in [1.82, 2.24) is 20.2 Å². The molecule has 1 aromatic carbocycles. The van der Waals surface area contributed by atoms with Crippen molar-refractivity contribution in [1.29, 1.82) is 0 Å². The van der Waals surface area contributed by atoms with Gasteiger partial charge in [-0.1, -0.05) is 6.07 Å². The van der Waals surface area contributed by atoms with Crippen molar-refractivity contribution < 1.29 is 22.0 Å². The van der Waals surface area contributed by atoms with E-state index in [4.69, 9.17) is 4.42 Å². The summed E-state index contributed by atoms with van der Waals surface area (Å²) in [6, 6.07) is 3.42. The molecular formula is C16H11F4N5O. The number of aromatic nitrogens is 4. The van der Waals surface area contributed by atoms with Crippen LogP contribution in [-0.2, 0) is 5.54 Å². The summed E-state index contributed by atoms with van der Waals surface area (Å²) in [6.07, 6.45) is 1.08. The van der Waals surface area contributed by atoms with E-state index >= 15 is 0 Å². The van der Waals surface area contributed by atoms with Crippen molar-refractivity contribution in [2.24, 2.45) is 0 Å². The van der Waals surface area contributed by atoms with Crippen molar-refractivity contribution in [2.45, 2.75) is 24.8 Å². The minimum atomic E-state index is -2.86. The average molecular weight is 365 g/mol. The molecule has 4 rings (SSSR count). The van der Waals surface area contributed by atoms with Crippen LogP contribution in [0.1, 0.15) is 30.7 Å². The van der Waals surface area contributed by atoms with Gasteiger partial charge in [0, 0.05) is 24.0 Å². The van der Waals surface area contributed by atoms with Crippen LogP contribution in [0.3, 0.4) is 0 Å². The molecular weight excluding hydrogens is 354 g/mol. The highest BCUT2D eigenvalue weighted by Crippen LogP contribution is 2.48. The van der Waals surface area contributed by atoms with Gasteiger partial charge in [0.05, 0.1) is 11.1 Å². The molecule has 1 fully saturated rings. The second-order valence-corrected chi connectivity index (χ2v) is 5.87. The Morgan fingerprint density at radius 2 is 1.81 bits per heavy atom. The fraction of sp³-hybridized carbons (Fsp3) is 0.250. The predicted octanol–water partition coefficient (Wildman–Crippen LogP) is 3.84. The SMILES string of the molecule is Fc1ccc(C2(Nc3ncc(-c4nnc(C(F)F)o4)cn3)CC2)c(F)c1. The van der Waals surface area contributed by atoms with Gasteiger partial charge >= 0.3 is 6.43 Å². The maximum absolute atomic E-state index is 14.0. The van der Waals surface area contributed by atoms with Crippen LogP contribution in [0, 0.1) is 11.6 Å². The average Bonchev–Trinajstić information content (AvgIpc) is 3.19. The maximum Gasteiger partial charge on any atom is 0.314 e. The summed E-state index contributed by atoms with van der Waals surface area (Å²) in [4.78, 5) is 8.15. The van der Waals surface area contributed by atoms with Gasteiger partial charge in [-0.25, -0.2) is 18.7 Å². The standard InChI is InChI=1S/C16H11F4N5O/c17-9-1-2-10(11(18)5-9)16(3-4-16)23-15-21-6-8(7-22-15)13-24-25-14(26-13)12(19)20/h1-2,5-7,12H,3-4H2,(H,21,22,23). The molecule has 1 aliphatic carbocycles. The molecule has 2 heterocycles.